The Morgan fingerprint density at radius 2 is 1.84 bits per heavy atom. The molecule has 3 aromatic rings. The van der Waals surface area contributed by atoms with Gasteiger partial charge in [-0.1, -0.05) is 24.3 Å². The fourth-order valence-electron chi connectivity index (χ4n) is 2.26. The summed E-state index contributed by atoms with van der Waals surface area (Å²) in [5.74, 6) is 0. The van der Waals surface area contributed by atoms with Gasteiger partial charge in [-0.3, -0.25) is 10.1 Å². The van der Waals surface area contributed by atoms with Gasteiger partial charge in [-0.05, 0) is 36.6 Å². The molecule has 0 aliphatic rings. The number of aromatic amines is 1. The standard InChI is InChI=1S/C16H15N3/c1-11-7-15(14-6-4-3-5-12(14)2)16(17-8-11)13-9-18-19-10-13/h3-10H,1-2H3,(H,18,19). The van der Waals surface area contributed by atoms with Crippen molar-refractivity contribution in [3.05, 3.63) is 60.0 Å². The number of nitrogens with one attached hydrogen (secondary N) is 1. The van der Waals surface area contributed by atoms with Crippen molar-refractivity contribution in [1.29, 1.82) is 0 Å². The second-order valence-corrected chi connectivity index (χ2v) is 4.71. The molecule has 2 heterocycles. The van der Waals surface area contributed by atoms with E-state index >= 15 is 0 Å². The maximum absolute atomic E-state index is 4.58. The molecule has 0 saturated heterocycles. The number of aryl methyl sites for hydroxylation is 2. The molecule has 0 radical (unpaired) electrons. The fraction of sp³-hybridized carbons (Fsp3) is 0.125. The highest BCUT2D eigenvalue weighted by molar-refractivity contribution is 5.82. The van der Waals surface area contributed by atoms with Gasteiger partial charge in [-0.15, -0.1) is 0 Å². The van der Waals surface area contributed by atoms with Crippen molar-refractivity contribution >= 4 is 0 Å². The Balaban J connectivity index is 2.26. The summed E-state index contributed by atoms with van der Waals surface area (Å²) in [5.41, 5.74) is 6.76. The molecule has 3 rings (SSSR count). The molecule has 2 aromatic heterocycles. The number of aromatic nitrogens is 3. The molecule has 3 nitrogen and oxygen atoms in total. The van der Waals surface area contributed by atoms with Gasteiger partial charge < -0.3 is 0 Å². The van der Waals surface area contributed by atoms with Crippen LogP contribution in [0.5, 0.6) is 0 Å². The molecular weight excluding hydrogens is 234 g/mol. The Morgan fingerprint density at radius 1 is 1.00 bits per heavy atom. The van der Waals surface area contributed by atoms with Crippen LogP contribution in [0, 0.1) is 13.8 Å². The van der Waals surface area contributed by atoms with Crippen molar-refractivity contribution in [3.8, 4) is 22.4 Å². The van der Waals surface area contributed by atoms with E-state index in [1.54, 1.807) is 6.20 Å². The van der Waals surface area contributed by atoms with E-state index in [1.807, 2.05) is 12.4 Å². The number of hydrogen-bond acceptors (Lipinski definition) is 2. The Morgan fingerprint density at radius 3 is 2.58 bits per heavy atom. The second-order valence-electron chi connectivity index (χ2n) is 4.71. The van der Waals surface area contributed by atoms with Crippen molar-refractivity contribution < 1.29 is 0 Å². The molecule has 3 heteroatoms. The predicted octanol–water partition coefficient (Wildman–Crippen LogP) is 3.76. The minimum absolute atomic E-state index is 0.966. The topological polar surface area (TPSA) is 41.6 Å². The average Bonchev–Trinajstić information content (AvgIpc) is 2.93. The van der Waals surface area contributed by atoms with Crippen LogP contribution in [0.2, 0.25) is 0 Å². The summed E-state index contributed by atoms with van der Waals surface area (Å²) >= 11 is 0. The minimum atomic E-state index is 0.966. The van der Waals surface area contributed by atoms with Crippen LogP contribution in [0.15, 0.2) is 48.9 Å². The van der Waals surface area contributed by atoms with Gasteiger partial charge in [0.05, 0.1) is 11.9 Å². The van der Waals surface area contributed by atoms with Crippen LogP contribution in [-0.2, 0) is 0 Å². The van der Waals surface area contributed by atoms with Crippen LogP contribution in [-0.4, -0.2) is 15.2 Å². The zero-order chi connectivity index (χ0) is 13.2. The first-order valence-electron chi connectivity index (χ1n) is 6.27. The van der Waals surface area contributed by atoms with Gasteiger partial charge in [0.25, 0.3) is 0 Å². The third-order valence-electron chi connectivity index (χ3n) is 3.23. The van der Waals surface area contributed by atoms with E-state index in [2.05, 4.69) is 59.4 Å². The zero-order valence-electron chi connectivity index (χ0n) is 11.0. The summed E-state index contributed by atoms with van der Waals surface area (Å²) in [6.07, 6.45) is 5.57. The summed E-state index contributed by atoms with van der Waals surface area (Å²) in [5, 5.41) is 6.86. The summed E-state index contributed by atoms with van der Waals surface area (Å²) < 4.78 is 0. The summed E-state index contributed by atoms with van der Waals surface area (Å²) in [6.45, 7) is 4.19. The van der Waals surface area contributed by atoms with E-state index in [-0.39, 0.29) is 0 Å². The summed E-state index contributed by atoms with van der Waals surface area (Å²) in [7, 11) is 0. The molecule has 0 spiro atoms. The molecular formula is C16H15N3. The zero-order valence-corrected chi connectivity index (χ0v) is 11.0. The van der Waals surface area contributed by atoms with E-state index < -0.39 is 0 Å². The van der Waals surface area contributed by atoms with Gasteiger partial charge in [-0.2, -0.15) is 5.10 Å². The summed E-state index contributed by atoms with van der Waals surface area (Å²) in [4.78, 5) is 4.58. The lowest BCUT2D eigenvalue weighted by atomic mass is 9.96. The lowest BCUT2D eigenvalue weighted by Crippen LogP contribution is -1.91. The fourth-order valence-corrected chi connectivity index (χ4v) is 2.26. The van der Waals surface area contributed by atoms with Gasteiger partial charge in [-0.25, -0.2) is 0 Å². The largest absolute Gasteiger partial charge is 0.285 e. The molecule has 0 amide bonds. The molecule has 0 bridgehead atoms. The van der Waals surface area contributed by atoms with Crippen molar-refractivity contribution in [1.82, 2.24) is 15.2 Å². The third-order valence-corrected chi connectivity index (χ3v) is 3.23. The maximum atomic E-state index is 4.58. The van der Waals surface area contributed by atoms with E-state index in [1.165, 1.54) is 11.1 Å². The number of pyridine rings is 1. The lowest BCUT2D eigenvalue weighted by molar-refractivity contribution is 1.09. The molecule has 0 unspecified atom stereocenters. The first kappa shape index (κ1) is 11.7. The molecule has 0 aliphatic carbocycles. The van der Waals surface area contributed by atoms with E-state index in [4.69, 9.17) is 0 Å². The molecule has 0 aliphatic heterocycles. The number of benzene rings is 1. The van der Waals surface area contributed by atoms with Crippen LogP contribution in [0.25, 0.3) is 22.4 Å². The van der Waals surface area contributed by atoms with Gasteiger partial charge in [0, 0.05) is 23.5 Å². The first-order valence-corrected chi connectivity index (χ1v) is 6.27. The van der Waals surface area contributed by atoms with Crippen molar-refractivity contribution in [3.63, 3.8) is 0 Å². The number of H-pyrrole nitrogens is 1. The van der Waals surface area contributed by atoms with Crippen molar-refractivity contribution in [2.75, 3.05) is 0 Å². The quantitative estimate of drug-likeness (QED) is 0.751. The van der Waals surface area contributed by atoms with Gasteiger partial charge in [0.1, 0.15) is 0 Å². The molecule has 1 N–H and O–H groups in total. The van der Waals surface area contributed by atoms with Crippen LogP contribution in [0.3, 0.4) is 0 Å². The van der Waals surface area contributed by atoms with Crippen LogP contribution in [0.4, 0.5) is 0 Å². The number of rotatable bonds is 2. The molecule has 0 atom stereocenters. The van der Waals surface area contributed by atoms with E-state index in [9.17, 15) is 0 Å². The normalized spacial score (nSPS) is 10.6. The van der Waals surface area contributed by atoms with Crippen molar-refractivity contribution in [2.45, 2.75) is 13.8 Å². The third kappa shape index (κ3) is 2.15. The van der Waals surface area contributed by atoms with Crippen LogP contribution >= 0.6 is 0 Å². The Hall–Kier alpha value is -2.42. The number of hydrogen-bond donors (Lipinski definition) is 1. The van der Waals surface area contributed by atoms with Crippen molar-refractivity contribution in [2.24, 2.45) is 0 Å². The van der Waals surface area contributed by atoms with Gasteiger partial charge in [0.2, 0.25) is 0 Å². The lowest BCUT2D eigenvalue weighted by Gasteiger charge is -2.11. The Labute approximate surface area is 112 Å². The molecule has 19 heavy (non-hydrogen) atoms. The van der Waals surface area contributed by atoms with Crippen LogP contribution < -0.4 is 0 Å². The van der Waals surface area contributed by atoms with E-state index in [0.717, 1.165) is 22.4 Å². The number of nitrogens with zero attached hydrogens (tertiary/aromatic N) is 2. The highest BCUT2D eigenvalue weighted by Crippen LogP contribution is 2.32. The molecule has 94 valence electrons. The van der Waals surface area contributed by atoms with E-state index in [0.29, 0.717) is 0 Å². The first-order chi connectivity index (χ1) is 9.25. The Bertz CT molecular complexity index is 700. The SMILES string of the molecule is Cc1cnc(-c2cn[nH]c2)c(-c2ccccc2C)c1. The second kappa shape index (κ2) is 4.69. The molecule has 1 aromatic carbocycles. The molecule has 0 fully saturated rings. The summed E-state index contributed by atoms with van der Waals surface area (Å²) in [6, 6.07) is 10.5. The Kier molecular flexibility index (Phi) is 2.88. The van der Waals surface area contributed by atoms with Crippen LogP contribution in [0.1, 0.15) is 11.1 Å². The minimum Gasteiger partial charge on any atom is -0.285 e. The highest BCUT2D eigenvalue weighted by atomic mass is 15.1. The predicted molar refractivity (Wildman–Crippen MR) is 76.7 cm³/mol. The highest BCUT2D eigenvalue weighted by Gasteiger charge is 2.11. The smallest absolute Gasteiger partial charge is 0.0812 e. The van der Waals surface area contributed by atoms with Gasteiger partial charge in [0.15, 0.2) is 0 Å². The van der Waals surface area contributed by atoms with Gasteiger partial charge >= 0.3 is 0 Å². The monoisotopic (exact) mass is 249 g/mol. The average molecular weight is 249 g/mol. The maximum Gasteiger partial charge on any atom is 0.0812 e. The molecule has 0 saturated carbocycles.